The van der Waals surface area contributed by atoms with Gasteiger partial charge in [-0.3, -0.25) is 9.89 Å². The van der Waals surface area contributed by atoms with Gasteiger partial charge in [-0.05, 0) is 12.1 Å². The summed E-state index contributed by atoms with van der Waals surface area (Å²) in [4.78, 5) is 13.3. The van der Waals surface area contributed by atoms with Crippen molar-refractivity contribution in [3.05, 3.63) is 30.2 Å². The Morgan fingerprint density at radius 1 is 1.48 bits per heavy atom. The summed E-state index contributed by atoms with van der Waals surface area (Å²) >= 11 is 0. The van der Waals surface area contributed by atoms with Crippen LogP contribution in [0.25, 0.3) is 11.5 Å². The zero-order chi connectivity index (χ0) is 14.9. The number of alkyl halides is 2. The molecule has 21 heavy (non-hydrogen) atoms. The summed E-state index contributed by atoms with van der Waals surface area (Å²) in [5.41, 5.74) is 0.584. The minimum absolute atomic E-state index is 0.0686. The van der Waals surface area contributed by atoms with Crippen molar-refractivity contribution in [2.45, 2.75) is 5.92 Å². The van der Waals surface area contributed by atoms with Gasteiger partial charge in [0.25, 0.3) is 11.8 Å². The summed E-state index contributed by atoms with van der Waals surface area (Å²) in [5, 5.41) is 6.52. The number of carbonyl (C=O) groups excluding carboxylic acids is 1. The van der Waals surface area contributed by atoms with E-state index in [-0.39, 0.29) is 18.8 Å². The number of amides is 1. The van der Waals surface area contributed by atoms with Crippen LogP contribution in [0.15, 0.2) is 28.9 Å². The van der Waals surface area contributed by atoms with Crippen molar-refractivity contribution in [3.8, 4) is 11.5 Å². The lowest BCUT2D eigenvalue weighted by Crippen LogP contribution is -2.41. The van der Waals surface area contributed by atoms with Gasteiger partial charge in [0, 0.05) is 12.6 Å². The van der Waals surface area contributed by atoms with Crippen molar-refractivity contribution in [2.75, 3.05) is 26.3 Å². The standard InChI is InChI=1S/C13H13F2N3O3/c14-13(15)7-18(3-5-20-8-13)12(19)10-6-9(16-17-10)11-2-1-4-21-11/h1-2,4,6H,3,5,7-8H2,(H,16,17). The molecule has 0 radical (unpaired) electrons. The van der Waals surface area contributed by atoms with E-state index in [4.69, 9.17) is 9.15 Å². The van der Waals surface area contributed by atoms with Crippen molar-refractivity contribution >= 4 is 5.91 Å². The van der Waals surface area contributed by atoms with Crippen LogP contribution in [0.5, 0.6) is 0 Å². The molecule has 0 bridgehead atoms. The van der Waals surface area contributed by atoms with E-state index >= 15 is 0 Å². The lowest BCUT2D eigenvalue weighted by molar-refractivity contribution is -0.0661. The Morgan fingerprint density at radius 2 is 2.33 bits per heavy atom. The van der Waals surface area contributed by atoms with Gasteiger partial charge in [-0.1, -0.05) is 0 Å². The first kappa shape index (κ1) is 13.7. The van der Waals surface area contributed by atoms with Crippen LogP contribution in [0.1, 0.15) is 10.5 Å². The van der Waals surface area contributed by atoms with Gasteiger partial charge in [-0.25, -0.2) is 8.78 Å². The fraction of sp³-hybridized carbons (Fsp3) is 0.385. The van der Waals surface area contributed by atoms with Crippen LogP contribution in [-0.2, 0) is 4.74 Å². The number of H-pyrrole nitrogens is 1. The Kier molecular flexibility index (Phi) is 3.46. The molecule has 2 aromatic rings. The van der Waals surface area contributed by atoms with E-state index in [1.54, 1.807) is 12.1 Å². The number of nitrogens with zero attached hydrogens (tertiary/aromatic N) is 2. The summed E-state index contributed by atoms with van der Waals surface area (Å²) in [6, 6.07) is 4.88. The minimum atomic E-state index is -3.05. The highest BCUT2D eigenvalue weighted by Crippen LogP contribution is 2.22. The number of aromatic amines is 1. The molecule has 1 saturated heterocycles. The van der Waals surface area contributed by atoms with Gasteiger partial charge >= 0.3 is 0 Å². The van der Waals surface area contributed by atoms with Crippen LogP contribution in [0.4, 0.5) is 8.78 Å². The van der Waals surface area contributed by atoms with E-state index in [0.717, 1.165) is 4.90 Å². The predicted molar refractivity (Wildman–Crippen MR) is 68.0 cm³/mol. The second-order valence-electron chi connectivity index (χ2n) is 4.78. The van der Waals surface area contributed by atoms with Crippen LogP contribution < -0.4 is 0 Å². The van der Waals surface area contributed by atoms with Gasteiger partial charge in [0.15, 0.2) is 11.5 Å². The van der Waals surface area contributed by atoms with E-state index in [0.29, 0.717) is 11.5 Å². The molecule has 2 aromatic heterocycles. The number of halogens is 2. The number of hydrogen-bond acceptors (Lipinski definition) is 4. The number of ether oxygens (including phenoxy) is 1. The second kappa shape index (κ2) is 5.28. The molecule has 1 N–H and O–H groups in total. The molecule has 0 saturated carbocycles. The molecule has 6 nitrogen and oxygen atoms in total. The summed E-state index contributed by atoms with van der Waals surface area (Å²) in [7, 11) is 0. The average Bonchev–Trinajstić information content (AvgIpc) is 3.08. The van der Waals surface area contributed by atoms with E-state index in [9.17, 15) is 13.6 Å². The predicted octanol–water partition coefficient (Wildman–Crippen LogP) is 1.78. The molecule has 0 atom stereocenters. The molecule has 112 valence electrons. The molecule has 3 heterocycles. The molecule has 1 amide bonds. The normalized spacial score (nSPS) is 18.5. The maximum absolute atomic E-state index is 13.5. The summed E-state index contributed by atoms with van der Waals surface area (Å²) < 4.78 is 36.9. The molecule has 0 aliphatic carbocycles. The highest BCUT2D eigenvalue weighted by molar-refractivity contribution is 5.93. The summed E-state index contributed by atoms with van der Waals surface area (Å²) in [5.74, 6) is -3.09. The molecule has 3 rings (SSSR count). The number of furan rings is 1. The molecule has 0 spiro atoms. The van der Waals surface area contributed by atoms with Crippen LogP contribution in [0.3, 0.4) is 0 Å². The molecule has 0 aromatic carbocycles. The Morgan fingerprint density at radius 3 is 3.10 bits per heavy atom. The van der Waals surface area contributed by atoms with E-state index < -0.39 is 25.0 Å². The molecule has 1 aliphatic heterocycles. The topological polar surface area (TPSA) is 71.4 Å². The number of aromatic nitrogens is 2. The maximum atomic E-state index is 13.5. The first-order valence-electron chi connectivity index (χ1n) is 6.39. The van der Waals surface area contributed by atoms with E-state index in [1.807, 2.05) is 0 Å². The Labute approximate surface area is 118 Å². The van der Waals surface area contributed by atoms with E-state index in [2.05, 4.69) is 10.2 Å². The third-order valence-electron chi connectivity index (χ3n) is 3.11. The number of carbonyl (C=O) groups is 1. The van der Waals surface area contributed by atoms with Crippen molar-refractivity contribution in [1.29, 1.82) is 0 Å². The van der Waals surface area contributed by atoms with Crippen molar-refractivity contribution in [2.24, 2.45) is 0 Å². The number of nitrogens with one attached hydrogen (secondary N) is 1. The molecule has 8 heteroatoms. The van der Waals surface area contributed by atoms with Crippen molar-refractivity contribution in [3.63, 3.8) is 0 Å². The molecular formula is C13H13F2N3O3. The number of hydrogen-bond donors (Lipinski definition) is 1. The Bertz CT molecular complexity index is 624. The zero-order valence-electron chi connectivity index (χ0n) is 11.0. The Hall–Kier alpha value is -2.22. The molecule has 1 fully saturated rings. The fourth-order valence-corrected chi connectivity index (χ4v) is 2.12. The van der Waals surface area contributed by atoms with Gasteiger partial charge in [-0.2, -0.15) is 5.10 Å². The van der Waals surface area contributed by atoms with Gasteiger partial charge < -0.3 is 14.1 Å². The van der Waals surface area contributed by atoms with Crippen LogP contribution in [-0.4, -0.2) is 53.2 Å². The SMILES string of the molecule is O=C(c1cc(-c2ccco2)[nH]n1)N1CCOCC(F)(F)C1. The molecule has 1 aliphatic rings. The van der Waals surface area contributed by atoms with Gasteiger partial charge in [0.1, 0.15) is 12.3 Å². The van der Waals surface area contributed by atoms with Crippen LogP contribution >= 0.6 is 0 Å². The zero-order valence-corrected chi connectivity index (χ0v) is 11.0. The maximum Gasteiger partial charge on any atom is 0.288 e. The second-order valence-corrected chi connectivity index (χ2v) is 4.78. The van der Waals surface area contributed by atoms with E-state index in [1.165, 1.54) is 12.3 Å². The average molecular weight is 297 g/mol. The molecular weight excluding hydrogens is 284 g/mol. The quantitative estimate of drug-likeness (QED) is 0.917. The third kappa shape index (κ3) is 2.94. The van der Waals surface area contributed by atoms with Crippen molar-refractivity contribution in [1.82, 2.24) is 15.1 Å². The lowest BCUT2D eigenvalue weighted by atomic mass is 10.2. The monoisotopic (exact) mass is 297 g/mol. The summed E-state index contributed by atoms with van der Waals surface area (Å²) in [6.07, 6.45) is 1.49. The van der Waals surface area contributed by atoms with Crippen LogP contribution in [0.2, 0.25) is 0 Å². The molecule has 0 unspecified atom stereocenters. The van der Waals surface area contributed by atoms with Gasteiger partial charge in [0.05, 0.1) is 19.4 Å². The highest BCUT2D eigenvalue weighted by atomic mass is 19.3. The first-order chi connectivity index (χ1) is 10.1. The van der Waals surface area contributed by atoms with Crippen molar-refractivity contribution < 1.29 is 22.7 Å². The smallest absolute Gasteiger partial charge is 0.288 e. The summed E-state index contributed by atoms with van der Waals surface area (Å²) in [6.45, 7) is -1.15. The fourth-order valence-electron chi connectivity index (χ4n) is 2.12. The van der Waals surface area contributed by atoms with Crippen LogP contribution in [0, 0.1) is 0 Å². The largest absolute Gasteiger partial charge is 0.463 e. The Balaban J connectivity index is 1.78. The lowest BCUT2D eigenvalue weighted by Gasteiger charge is -2.22. The van der Waals surface area contributed by atoms with Gasteiger partial charge in [-0.15, -0.1) is 0 Å². The third-order valence-corrected chi connectivity index (χ3v) is 3.11. The minimum Gasteiger partial charge on any atom is -0.463 e. The van der Waals surface area contributed by atoms with Gasteiger partial charge in [0.2, 0.25) is 0 Å². The number of rotatable bonds is 2. The highest BCUT2D eigenvalue weighted by Gasteiger charge is 2.37. The first-order valence-corrected chi connectivity index (χ1v) is 6.39.